The van der Waals surface area contributed by atoms with Crippen LogP contribution in [-0.2, 0) is 11.3 Å². The molecular formula is C30H19NO6. The number of esters is 1. The number of anilines is 1. The number of carbonyl (C=O) groups is 3. The Balaban J connectivity index is 1.30. The number of para-hydroxylation sites is 1. The molecule has 0 spiro atoms. The Bertz CT molecular complexity index is 1830. The number of nitrogens with zero attached hydrogens (tertiary/aromatic N) is 1. The van der Waals surface area contributed by atoms with Gasteiger partial charge in [-0.15, -0.1) is 0 Å². The molecule has 0 radical (unpaired) electrons. The highest BCUT2D eigenvalue weighted by atomic mass is 16.5. The van der Waals surface area contributed by atoms with Crippen LogP contribution in [0.5, 0.6) is 0 Å². The van der Waals surface area contributed by atoms with E-state index in [0.29, 0.717) is 22.2 Å². The molecule has 180 valence electrons. The third-order valence-corrected chi connectivity index (χ3v) is 6.55. The van der Waals surface area contributed by atoms with Gasteiger partial charge in [0.05, 0.1) is 22.4 Å². The van der Waals surface area contributed by atoms with Gasteiger partial charge in [-0.05, 0) is 53.6 Å². The molecule has 0 saturated heterocycles. The van der Waals surface area contributed by atoms with Crippen LogP contribution < -0.4 is 10.5 Å². The first-order valence-electron chi connectivity index (χ1n) is 11.6. The van der Waals surface area contributed by atoms with Crippen molar-refractivity contribution in [1.82, 2.24) is 0 Å². The van der Waals surface area contributed by atoms with Gasteiger partial charge in [0.25, 0.3) is 11.8 Å². The van der Waals surface area contributed by atoms with Crippen molar-refractivity contribution in [2.24, 2.45) is 0 Å². The Kier molecular flexibility index (Phi) is 5.19. The van der Waals surface area contributed by atoms with Crippen molar-refractivity contribution in [2.45, 2.75) is 13.5 Å². The van der Waals surface area contributed by atoms with Gasteiger partial charge in [0.2, 0.25) is 0 Å². The summed E-state index contributed by atoms with van der Waals surface area (Å²) in [6.45, 7) is 1.65. The fraction of sp³-hybridized carbons (Fsp3) is 0.0667. The SMILES string of the molecule is Cc1ccccc1N1C(=O)c2ccc(C(=O)OCc3cc(=O)oc4ccc5ccccc5c34)cc2C1=O. The third-order valence-electron chi connectivity index (χ3n) is 6.55. The van der Waals surface area contributed by atoms with E-state index in [2.05, 4.69) is 0 Å². The van der Waals surface area contributed by atoms with E-state index in [1.54, 1.807) is 18.2 Å². The molecule has 1 aliphatic heterocycles. The summed E-state index contributed by atoms with van der Waals surface area (Å²) in [7, 11) is 0. The lowest BCUT2D eigenvalue weighted by atomic mass is 10.0. The minimum Gasteiger partial charge on any atom is -0.457 e. The number of hydrogen-bond donors (Lipinski definition) is 0. The first kappa shape index (κ1) is 22.4. The molecule has 0 N–H and O–H groups in total. The Morgan fingerprint density at radius 3 is 2.43 bits per heavy atom. The van der Waals surface area contributed by atoms with Crippen molar-refractivity contribution < 1.29 is 23.5 Å². The van der Waals surface area contributed by atoms with Crippen LogP contribution in [0.15, 0.2) is 94.1 Å². The summed E-state index contributed by atoms with van der Waals surface area (Å²) in [6, 6.07) is 23.9. The lowest BCUT2D eigenvalue weighted by Crippen LogP contribution is -2.29. The number of carbonyl (C=O) groups excluding carboxylic acids is 3. The van der Waals surface area contributed by atoms with E-state index in [1.807, 2.05) is 49.4 Å². The summed E-state index contributed by atoms with van der Waals surface area (Å²) in [4.78, 5) is 52.3. The summed E-state index contributed by atoms with van der Waals surface area (Å²) in [6.07, 6.45) is 0. The molecule has 5 aromatic rings. The zero-order valence-electron chi connectivity index (χ0n) is 19.7. The maximum Gasteiger partial charge on any atom is 0.338 e. The first-order valence-corrected chi connectivity index (χ1v) is 11.6. The Labute approximate surface area is 210 Å². The van der Waals surface area contributed by atoms with E-state index in [1.165, 1.54) is 24.3 Å². The molecule has 2 amide bonds. The second-order valence-corrected chi connectivity index (χ2v) is 8.82. The molecule has 0 atom stereocenters. The molecule has 7 nitrogen and oxygen atoms in total. The number of hydrogen-bond acceptors (Lipinski definition) is 6. The molecule has 1 aromatic heterocycles. The Hall–Kier alpha value is -5.04. The lowest BCUT2D eigenvalue weighted by molar-refractivity contribution is 0.0473. The third kappa shape index (κ3) is 3.68. The highest BCUT2D eigenvalue weighted by molar-refractivity contribution is 6.35. The van der Waals surface area contributed by atoms with Crippen LogP contribution >= 0.6 is 0 Å². The van der Waals surface area contributed by atoms with E-state index in [-0.39, 0.29) is 23.3 Å². The molecule has 0 fully saturated rings. The molecule has 6 rings (SSSR count). The standard InChI is InChI=1S/C30H19NO6/c1-17-6-2-5-9-24(17)31-28(33)22-12-10-19(14-23(22)29(31)34)30(35)36-16-20-15-26(32)37-25-13-11-18-7-3-4-8-21(18)27(20)25/h2-15H,16H2,1H3. The van der Waals surface area contributed by atoms with Crippen LogP contribution in [0.25, 0.3) is 21.7 Å². The van der Waals surface area contributed by atoms with Gasteiger partial charge in [-0.1, -0.05) is 48.5 Å². The normalized spacial score (nSPS) is 12.8. The summed E-state index contributed by atoms with van der Waals surface area (Å²) in [5.74, 6) is -1.62. The summed E-state index contributed by atoms with van der Waals surface area (Å²) >= 11 is 0. The van der Waals surface area contributed by atoms with Gasteiger partial charge in [0, 0.05) is 17.0 Å². The van der Waals surface area contributed by atoms with Gasteiger partial charge in [-0.25, -0.2) is 14.5 Å². The van der Waals surface area contributed by atoms with Crippen molar-refractivity contribution in [3.05, 3.63) is 123 Å². The smallest absolute Gasteiger partial charge is 0.338 e. The Morgan fingerprint density at radius 1 is 0.838 bits per heavy atom. The van der Waals surface area contributed by atoms with Gasteiger partial charge in [0.15, 0.2) is 0 Å². The maximum absolute atomic E-state index is 13.1. The second kappa shape index (κ2) is 8.57. The zero-order chi connectivity index (χ0) is 25.7. The number of imide groups is 1. The minimum atomic E-state index is -0.681. The van der Waals surface area contributed by atoms with Gasteiger partial charge in [-0.2, -0.15) is 0 Å². The molecule has 1 aliphatic rings. The Morgan fingerprint density at radius 2 is 1.59 bits per heavy atom. The topological polar surface area (TPSA) is 93.9 Å². The summed E-state index contributed by atoms with van der Waals surface area (Å²) < 4.78 is 10.9. The molecule has 2 heterocycles. The van der Waals surface area contributed by atoms with Crippen LogP contribution in [0.3, 0.4) is 0 Å². The molecule has 0 aliphatic carbocycles. The van der Waals surface area contributed by atoms with Crippen molar-refractivity contribution in [3.8, 4) is 0 Å². The molecule has 37 heavy (non-hydrogen) atoms. The quantitative estimate of drug-likeness (QED) is 0.145. The average molecular weight is 489 g/mol. The number of fused-ring (bicyclic) bond motifs is 4. The molecule has 7 heteroatoms. The van der Waals surface area contributed by atoms with E-state index < -0.39 is 23.4 Å². The van der Waals surface area contributed by atoms with E-state index in [4.69, 9.17) is 9.15 Å². The van der Waals surface area contributed by atoms with Crippen molar-refractivity contribution >= 4 is 45.2 Å². The molecule has 0 saturated carbocycles. The average Bonchev–Trinajstić information content (AvgIpc) is 3.16. The highest BCUT2D eigenvalue weighted by Crippen LogP contribution is 2.32. The van der Waals surface area contributed by atoms with Gasteiger partial charge in [0.1, 0.15) is 12.2 Å². The van der Waals surface area contributed by atoms with Crippen LogP contribution in [0, 0.1) is 6.92 Å². The number of rotatable bonds is 4. The van der Waals surface area contributed by atoms with Gasteiger partial charge in [-0.3, -0.25) is 9.59 Å². The molecular weight excluding hydrogens is 470 g/mol. The number of benzene rings is 4. The summed E-state index contributed by atoms with van der Waals surface area (Å²) in [5, 5.41) is 2.51. The van der Waals surface area contributed by atoms with E-state index in [9.17, 15) is 19.2 Å². The lowest BCUT2D eigenvalue weighted by Gasteiger charge is -2.16. The fourth-order valence-corrected chi connectivity index (χ4v) is 4.76. The van der Waals surface area contributed by atoms with Crippen LogP contribution in [-0.4, -0.2) is 17.8 Å². The van der Waals surface area contributed by atoms with Crippen molar-refractivity contribution in [2.75, 3.05) is 4.90 Å². The largest absolute Gasteiger partial charge is 0.457 e. The number of ether oxygens (including phenoxy) is 1. The minimum absolute atomic E-state index is 0.128. The second-order valence-electron chi connectivity index (χ2n) is 8.82. The van der Waals surface area contributed by atoms with Crippen LogP contribution in [0.2, 0.25) is 0 Å². The molecule has 4 aromatic carbocycles. The van der Waals surface area contributed by atoms with Crippen LogP contribution in [0.4, 0.5) is 5.69 Å². The summed E-state index contributed by atoms with van der Waals surface area (Å²) in [5.41, 5.74) is 2.13. The van der Waals surface area contributed by atoms with E-state index in [0.717, 1.165) is 21.2 Å². The monoisotopic (exact) mass is 489 g/mol. The van der Waals surface area contributed by atoms with Crippen molar-refractivity contribution in [3.63, 3.8) is 0 Å². The van der Waals surface area contributed by atoms with Gasteiger partial charge >= 0.3 is 11.6 Å². The zero-order valence-corrected chi connectivity index (χ0v) is 19.7. The van der Waals surface area contributed by atoms with Gasteiger partial charge < -0.3 is 9.15 Å². The van der Waals surface area contributed by atoms with Crippen LogP contribution in [0.1, 0.15) is 42.2 Å². The number of aryl methyl sites for hydroxylation is 1. The van der Waals surface area contributed by atoms with E-state index >= 15 is 0 Å². The fourth-order valence-electron chi connectivity index (χ4n) is 4.76. The number of amides is 2. The first-order chi connectivity index (χ1) is 17.9. The highest BCUT2D eigenvalue weighted by Gasteiger charge is 2.37. The molecule has 0 unspecified atom stereocenters. The molecule has 0 bridgehead atoms. The van der Waals surface area contributed by atoms with Crippen molar-refractivity contribution in [1.29, 1.82) is 0 Å². The predicted octanol–water partition coefficient (Wildman–Crippen LogP) is 5.41. The predicted molar refractivity (Wildman–Crippen MR) is 138 cm³/mol. The maximum atomic E-state index is 13.1.